The summed E-state index contributed by atoms with van der Waals surface area (Å²) in [7, 11) is 0. The van der Waals surface area contributed by atoms with Crippen LogP contribution >= 0.6 is 0 Å². The van der Waals surface area contributed by atoms with Crippen molar-refractivity contribution in [2.24, 2.45) is 40.4 Å². The molecule has 0 bridgehead atoms. The maximum atomic E-state index is 6.24. The Morgan fingerprint density at radius 1 is 0.967 bits per heavy atom. The summed E-state index contributed by atoms with van der Waals surface area (Å²) in [5.74, 6) is 4.77. The van der Waals surface area contributed by atoms with Gasteiger partial charge in [0.2, 0.25) is 0 Å². The summed E-state index contributed by atoms with van der Waals surface area (Å²) in [5, 5.41) is 0. The number of unbranched alkanes of at least 4 members (excludes halogenated alkanes) is 1. The fraction of sp³-hybridized carbons (Fsp3) is 0.931. The molecule has 0 aromatic carbocycles. The van der Waals surface area contributed by atoms with Gasteiger partial charge in [-0.15, -0.1) is 0 Å². The fourth-order valence-corrected chi connectivity index (χ4v) is 8.65. The van der Waals surface area contributed by atoms with Crippen molar-refractivity contribution in [3.63, 3.8) is 0 Å². The summed E-state index contributed by atoms with van der Waals surface area (Å²) >= 11 is 0. The summed E-state index contributed by atoms with van der Waals surface area (Å²) in [5.41, 5.74) is 2.88. The van der Waals surface area contributed by atoms with Gasteiger partial charge in [-0.1, -0.05) is 58.6 Å². The fourth-order valence-electron chi connectivity index (χ4n) is 8.65. The number of fused-ring (bicyclic) bond motifs is 5. The van der Waals surface area contributed by atoms with Crippen molar-refractivity contribution < 1.29 is 4.74 Å². The number of ether oxygens (including phenoxy) is 1. The maximum absolute atomic E-state index is 6.24. The van der Waals surface area contributed by atoms with Gasteiger partial charge in [0.05, 0.1) is 12.2 Å². The van der Waals surface area contributed by atoms with E-state index in [-0.39, 0.29) is 0 Å². The SMILES string of the molecule is CC(C)CCCCC1CCC2C3CC=C4CC(OC(C)C)CCC4(C)C3CCC12C. The van der Waals surface area contributed by atoms with Crippen LogP contribution in [-0.2, 0) is 4.74 Å². The first-order valence-electron chi connectivity index (χ1n) is 13.6. The molecule has 7 atom stereocenters. The molecule has 0 aliphatic heterocycles. The number of rotatable bonds is 7. The van der Waals surface area contributed by atoms with E-state index >= 15 is 0 Å². The standard InChI is InChI=1S/C29H50O/c1-20(2)9-7-8-10-22-12-14-26-25-13-11-23-19-24(30-21(3)4)15-17-29(23,6)27(25)16-18-28(22,26)5/h11,20-22,24-27H,7-10,12-19H2,1-6H3. The molecule has 7 unspecified atom stereocenters. The quantitative estimate of drug-likeness (QED) is 0.299. The summed E-state index contributed by atoms with van der Waals surface area (Å²) in [6, 6.07) is 0. The molecule has 0 aromatic rings. The average Bonchev–Trinajstić information content (AvgIpc) is 3.01. The molecule has 4 aliphatic carbocycles. The summed E-state index contributed by atoms with van der Waals surface area (Å²) in [4.78, 5) is 0. The lowest BCUT2D eigenvalue weighted by atomic mass is 9.47. The predicted molar refractivity (Wildman–Crippen MR) is 129 cm³/mol. The minimum absolute atomic E-state index is 0.364. The van der Waals surface area contributed by atoms with E-state index < -0.39 is 0 Å². The van der Waals surface area contributed by atoms with Crippen molar-refractivity contribution in [1.82, 2.24) is 0 Å². The molecule has 0 N–H and O–H groups in total. The Morgan fingerprint density at radius 3 is 2.50 bits per heavy atom. The predicted octanol–water partition coefficient (Wildman–Crippen LogP) is 8.58. The highest BCUT2D eigenvalue weighted by Gasteiger charge is 2.58. The first kappa shape index (κ1) is 22.9. The zero-order chi connectivity index (χ0) is 21.5. The Morgan fingerprint density at radius 2 is 1.77 bits per heavy atom. The van der Waals surface area contributed by atoms with Crippen LogP contribution in [0.2, 0.25) is 0 Å². The molecule has 0 aromatic heterocycles. The zero-order valence-electron chi connectivity index (χ0n) is 21.0. The van der Waals surface area contributed by atoms with Crippen LogP contribution in [0.4, 0.5) is 0 Å². The van der Waals surface area contributed by atoms with Crippen molar-refractivity contribution in [3.8, 4) is 0 Å². The Labute approximate surface area is 187 Å². The minimum Gasteiger partial charge on any atom is -0.375 e. The second-order valence-electron chi connectivity index (χ2n) is 12.8. The largest absolute Gasteiger partial charge is 0.375 e. The van der Waals surface area contributed by atoms with E-state index in [9.17, 15) is 0 Å². The van der Waals surface area contributed by atoms with E-state index in [1.54, 1.807) is 5.57 Å². The topological polar surface area (TPSA) is 9.23 Å². The van der Waals surface area contributed by atoms with Crippen LogP contribution < -0.4 is 0 Å². The second kappa shape index (κ2) is 8.92. The number of hydrogen-bond acceptors (Lipinski definition) is 1. The molecule has 1 nitrogen and oxygen atoms in total. The van der Waals surface area contributed by atoms with E-state index in [1.807, 2.05) is 0 Å². The van der Waals surface area contributed by atoms with Gasteiger partial charge in [0.25, 0.3) is 0 Å². The van der Waals surface area contributed by atoms with Crippen LogP contribution in [0.25, 0.3) is 0 Å². The van der Waals surface area contributed by atoms with Crippen molar-refractivity contribution in [2.45, 2.75) is 131 Å². The Kier molecular flexibility index (Phi) is 6.80. The smallest absolute Gasteiger partial charge is 0.0616 e. The highest BCUT2D eigenvalue weighted by molar-refractivity contribution is 5.25. The lowest BCUT2D eigenvalue weighted by Crippen LogP contribution is -2.50. The molecular weight excluding hydrogens is 364 g/mol. The summed E-state index contributed by atoms with van der Waals surface area (Å²) in [6.07, 6.45) is 20.6. The van der Waals surface area contributed by atoms with Crippen molar-refractivity contribution in [3.05, 3.63) is 11.6 Å². The number of allylic oxidation sites excluding steroid dienone is 1. The molecule has 0 heterocycles. The molecular formula is C29H50O. The van der Waals surface area contributed by atoms with E-state index in [0.717, 1.165) is 29.6 Å². The molecule has 3 saturated carbocycles. The highest BCUT2D eigenvalue weighted by Crippen LogP contribution is 2.66. The summed E-state index contributed by atoms with van der Waals surface area (Å²) < 4.78 is 6.24. The third-order valence-corrected chi connectivity index (χ3v) is 10.3. The molecule has 172 valence electrons. The summed E-state index contributed by atoms with van der Waals surface area (Å²) in [6.45, 7) is 14.5. The second-order valence-corrected chi connectivity index (χ2v) is 12.8. The van der Waals surface area contributed by atoms with Crippen molar-refractivity contribution in [2.75, 3.05) is 0 Å². The monoisotopic (exact) mass is 414 g/mol. The van der Waals surface area contributed by atoms with Gasteiger partial charge in [0, 0.05) is 0 Å². The van der Waals surface area contributed by atoms with Crippen molar-refractivity contribution in [1.29, 1.82) is 0 Å². The minimum atomic E-state index is 0.364. The molecule has 4 aliphatic rings. The maximum Gasteiger partial charge on any atom is 0.0616 e. The van der Waals surface area contributed by atoms with E-state index in [4.69, 9.17) is 4.74 Å². The lowest BCUT2D eigenvalue weighted by molar-refractivity contribution is -0.0668. The third kappa shape index (κ3) is 4.18. The van der Waals surface area contributed by atoms with Crippen LogP contribution in [0.5, 0.6) is 0 Å². The van der Waals surface area contributed by atoms with Crippen LogP contribution in [0.1, 0.15) is 119 Å². The third-order valence-electron chi connectivity index (χ3n) is 10.3. The van der Waals surface area contributed by atoms with Crippen molar-refractivity contribution >= 4 is 0 Å². The van der Waals surface area contributed by atoms with E-state index in [2.05, 4.69) is 47.6 Å². The Bertz CT molecular complexity index is 618. The van der Waals surface area contributed by atoms with Gasteiger partial charge in [0.1, 0.15) is 0 Å². The molecule has 0 amide bonds. The van der Waals surface area contributed by atoms with Gasteiger partial charge < -0.3 is 4.74 Å². The molecule has 1 heteroatoms. The van der Waals surface area contributed by atoms with Gasteiger partial charge in [-0.2, -0.15) is 0 Å². The first-order chi connectivity index (χ1) is 14.2. The Balaban J connectivity index is 1.43. The first-order valence-corrected chi connectivity index (χ1v) is 13.6. The van der Waals surface area contributed by atoms with Crippen LogP contribution in [0, 0.1) is 40.4 Å². The molecule has 0 saturated heterocycles. The van der Waals surface area contributed by atoms with E-state index in [0.29, 0.717) is 23.0 Å². The normalized spacial score (nSPS) is 43.3. The molecule has 30 heavy (non-hydrogen) atoms. The van der Waals surface area contributed by atoms with Gasteiger partial charge in [-0.3, -0.25) is 0 Å². The van der Waals surface area contributed by atoms with E-state index in [1.165, 1.54) is 77.0 Å². The average molecular weight is 415 g/mol. The van der Waals surface area contributed by atoms with Gasteiger partial charge >= 0.3 is 0 Å². The van der Waals surface area contributed by atoms with Gasteiger partial charge in [-0.05, 0) is 112 Å². The van der Waals surface area contributed by atoms with Gasteiger partial charge in [0.15, 0.2) is 0 Å². The molecule has 0 radical (unpaired) electrons. The van der Waals surface area contributed by atoms with Crippen LogP contribution in [0.15, 0.2) is 11.6 Å². The van der Waals surface area contributed by atoms with Crippen LogP contribution in [0.3, 0.4) is 0 Å². The number of hydrogen-bond donors (Lipinski definition) is 0. The zero-order valence-corrected chi connectivity index (χ0v) is 21.0. The highest BCUT2D eigenvalue weighted by atomic mass is 16.5. The molecule has 4 rings (SSSR count). The molecule has 3 fully saturated rings. The van der Waals surface area contributed by atoms with Gasteiger partial charge in [-0.25, -0.2) is 0 Å². The van der Waals surface area contributed by atoms with Crippen LogP contribution in [-0.4, -0.2) is 12.2 Å². The Hall–Kier alpha value is -0.300. The lowest BCUT2D eigenvalue weighted by Gasteiger charge is -2.58. The molecule has 0 spiro atoms.